The molecule has 1 atom stereocenters. The van der Waals surface area contributed by atoms with Gasteiger partial charge in [-0.15, -0.1) is 0 Å². The van der Waals surface area contributed by atoms with Gasteiger partial charge in [0, 0.05) is 17.5 Å². The van der Waals surface area contributed by atoms with Crippen molar-refractivity contribution in [3.8, 4) is 11.5 Å². The standard InChI is InChI=1S/C25H25N3O5S/c1-4-32-24(30)22-16(2)26-25-28(13-14-34-25)23(22)19-7-5-6-8-20(19)33-15-21(29)27-17-9-11-18(31-3)12-10-17/h5-14,23H,4,15H2,1-3H3,(H,27,29)/t23-/m0/s1. The predicted molar refractivity (Wildman–Crippen MR) is 132 cm³/mol. The number of aliphatic imine (C=N–C) groups is 1. The van der Waals surface area contributed by atoms with Crippen LogP contribution in [-0.4, -0.2) is 42.3 Å². The predicted octanol–water partition coefficient (Wildman–Crippen LogP) is 4.48. The third-order valence-corrected chi connectivity index (χ3v) is 6.03. The first-order valence-corrected chi connectivity index (χ1v) is 11.6. The molecule has 0 aliphatic carbocycles. The number of nitrogens with zero attached hydrogens (tertiary/aromatic N) is 2. The largest absolute Gasteiger partial charge is 0.497 e. The maximum atomic E-state index is 12.9. The Morgan fingerprint density at radius 2 is 1.91 bits per heavy atom. The van der Waals surface area contributed by atoms with Crippen LogP contribution in [0.4, 0.5) is 5.69 Å². The molecule has 176 valence electrons. The first kappa shape index (κ1) is 23.4. The van der Waals surface area contributed by atoms with Crippen molar-refractivity contribution in [3.05, 3.63) is 77.0 Å². The zero-order valence-corrected chi connectivity index (χ0v) is 19.9. The van der Waals surface area contributed by atoms with Crippen molar-refractivity contribution in [2.45, 2.75) is 19.9 Å². The molecule has 34 heavy (non-hydrogen) atoms. The zero-order valence-electron chi connectivity index (χ0n) is 19.1. The van der Waals surface area contributed by atoms with Gasteiger partial charge in [0.25, 0.3) is 5.91 Å². The number of carbonyl (C=O) groups is 2. The lowest BCUT2D eigenvalue weighted by molar-refractivity contribution is -0.139. The van der Waals surface area contributed by atoms with E-state index >= 15 is 0 Å². The quantitative estimate of drug-likeness (QED) is 0.559. The molecule has 4 rings (SSSR count). The number of amides is 1. The van der Waals surface area contributed by atoms with E-state index in [0.717, 1.165) is 10.7 Å². The normalized spacial score (nSPS) is 16.6. The Balaban J connectivity index is 1.56. The SMILES string of the molecule is CCOC(=O)C1=C(C)N=C2SC=CN2[C@H]1c1ccccc1OCC(=O)Nc1ccc(OC)cc1. The summed E-state index contributed by atoms with van der Waals surface area (Å²) >= 11 is 1.48. The lowest BCUT2D eigenvalue weighted by Crippen LogP contribution is -2.34. The number of allylic oxidation sites excluding steroid dienone is 1. The molecule has 0 radical (unpaired) electrons. The van der Waals surface area contributed by atoms with Crippen molar-refractivity contribution in [1.82, 2.24) is 4.90 Å². The Labute approximate surface area is 202 Å². The van der Waals surface area contributed by atoms with Crippen LogP contribution < -0.4 is 14.8 Å². The van der Waals surface area contributed by atoms with Crippen LogP contribution in [0.5, 0.6) is 11.5 Å². The highest BCUT2D eigenvalue weighted by Gasteiger charge is 2.38. The summed E-state index contributed by atoms with van der Waals surface area (Å²) in [5.74, 6) is 0.469. The highest BCUT2D eigenvalue weighted by atomic mass is 32.2. The lowest BCUT2D eigenvalue weighted by Gasteiger charge is -2.34. The lowest BCUT2D eigenvalue weighted by atomic mass is 9.94. The molecule has 9 heteroatoms. The number of methoxy groups -OCH3 is 1. The molecule has 0 bridgehead atoms. The molecule has 2 aromatic rings. The highest BCUT2D eigenvalue weighted by Crippen LogP contribution is 2.43. The third kappa shape index (κ3) is 4.94. The molecule has 1 amide bonds. The van der Waals surface area contributed by atoms with Crippen LogP contribution in [-0.2, 0) is 14.3 Å². The summed E-state index contributed by atoms with van der Waals surface area (Å²) in [5, 5.41) is 5.49. The van der Waals surface area contributed by atoms with Crippen LogP contribution >= 0.6 is 11.8 Å². The molecule has 0 unspecified atom stereocenters. The molecule has 2 aliphatic heterocycles. The number of rotatable bonds is 8. The van der Waals surface area contributed by atoms with Crippen LogP contribution in [0.2, 0.25) is 0 Å². The number of para-hydroxylation sites is 1. The molecule has 0 fully saturated rings. The van der Waals surface area contributed by atoms with Crippen molar-refractivity contribution in [1.29, 1.82) is 0 Å². The molecule has 2 aromatic carbocycles. The molecule has 2 aliphatic rings. The van der Waals surface area contributed by atoms with Crippen LogP contribution in [0, 0.1) is 0 Å². The molecule has 0 aromatic heterocycles. The van der Waals surface area contributed by atoms with Crippen LogP contribution in [0.15, 0.2) is 76.4 Å². The van der Waals surface area contributed by atoms with Crippen molar-refractivity contribution in [2.75, 3.05) is 25.6 Å². The van der Waals surface area contributed by atoms with Gasteiger partial charge in [0.2, 0.25) is 0 Å². The fraction of sp³-hybridized carbons (Fsp3) is 0.240. The number of nitrogens with one attached hydrogen (secondary N) is 1. The zero-order chi connectivity index (χ0) is 24.1. The van der Waals surface area contributed by atoms with Crippen LogP contribution in [0.1, 0.15) is 25.5 Å². The van der Waals surface area contributed by atoms with Crippen molar-refractivity contribution in [2.24, 2.45) is 4.99 Å². The molecule has 0 spiro atoms. The molecular weight excluding hydrogens is 454 g/mol. The topological polar surface area (TPSA) is 89.5 Å². The third-order valence-electron chi connectivity index (χ3n) is 5.26. The number of ether oxygens (including phenoxy) is 3. The van der Waals surface area contributed by atoms with E-state index in [1.165, 1.54) is 11.8 Å². The number of esters is 1. The Morgan fingerprint density at radius 3 is 2.65 bits per heavy atom. The maximum absolute atomic E-state index is 12.9. The van der Waals surface area contributed by atoms with Crippen LogP contribution in [0.3, 0.4) is 0 Å². The number of benzene rings is 2. The van der Waals surface area contributed by atoms with E-state index in [1.54, 1.807) is 51.3 Å². The van der Waals surface area contributed by atoms with E-state index in [0.29, 0.717) is 28.5 Å². The van der Waals surface area contributed by atoms with Gasteiger partial charge in [-0.1, -0.05) is 30.0 Å². The van der Waals surface area contributed by atoms with Gasteiger partial charge < -0.3 is 24.4 Å². The van der Waals surface area contributed by atoms with E-state index in [4.69, 9.17) is 14.2 Å². The molecule has 0 saturated carbocycles. The van der Waals surface area contributed by atoms with E-state index in [2.05, 4.69) is 10.3 Å². The average Bonchev–Trinajstić information content (AvgIpc) is 3.31. The van der Waals surface area contributed by atoms with Gasteiger partial charge in [0.1, 0.15) is 11.5 Å². The molecule has 0 saturated heterocycles. The van der Waals surface area contributed by atoms with Crippen LogP contribution in [0.25, 0.3) is 0 Å². The second-order valence-electron chi connectivity index (χ2n) is 7.43. The summed E-state index contributed by atoms with van der Waals surface area (Å²) in [6.07, 6.45) is 1.88. The minimum Gasteiger partial charge on any atom is -0.497 e. The number of fused-ring (bicyclic) bond motifs is 1. The molecule has 8 nitrogen and oxygen atoms in total. The Bertz CT molecular complexity index is 1170. The first-order valence-electron chi connectivity index (χ1n) is 10.8. The number of hydrogen-bond acceptors (Lipinski definition) is 8. The van der Waals surface area contributed by atoms with Gasteiger partial charge in [-0.05, 0) is 49.6 Å². The average molecular weight is 480 g/mol. The van der Waals surface area contributed by atoms with Gasteiger partial charge in [0.05, 0.1) is 31.0 Å². The molecule has 1 N–H and O–H groups in total. The number of thioether (sulfide) groups is 1. The fourth-order valence-electron chi connectivity index (χ4n) is 3.73. The summed E-state index contributed by atoms with van der Waals surface area (Å²) in [6, 6.07) is 13.9. The Morgan fingerprint density at radius 1 is 1.15 bits per heavy atom. The smallest absolute Gasteiger partial charge is 0.338 e. The number of hydrogen-bond donors (Lipinski definition) is 1. The summed E-state index contributed by atoms with van der Waals surface area (Å²) in [6.45, 7) is 3.63. The Kier molecular flexibility index (Phi) is 7.22. The summed E-state index contributed by atoms with van der Waals surface area (Å²) in [5.41, 5.74) is 2.41. The minimum absolute atomic E-state index is 0.196. The number of amidine groups is 1. The Hall–Kier alpha value is -3.72. The summed E-state index contributed by atoms with van der Waals surface area (Å²) < 4.78 is 16.4. The second kappa shape index (κ2) is 10.5. The summed E-state index contributed by atoms with van der Waals surface area (Å²) in [4.78, 5) is 31.9. The molecule has 2 heterocycles. The number of anilines is 1. The van der Waals surface area contributed by atoms with Crippen molar-refractivity contribution < 1.29 is 23.8 Å². The van der Waals surface area contributed by atoms with E-state index in [-0.39, 0.29) is 19.1 Å². The highest BCUT2D eigenvalue weighted by molar-refractivity contribution is 8.16. The van der Waals surface area contributed by atoms with Gasteiger partial charge in [-0.2, -0.15) is 0 Å². The fourth-order valence-corrected chi connectivity index (χ4v) is 4.52. The van der Waals surface area contributed by atoms with Crippen molar-refractivity contribution >= 4 is 34.5 Å². The van der Waals surface area contributed by atoms with E-state index < -0.39 is 12.0 Å². The van der Waals surface area contributed by atoms with Gasteiger partial charge in [0.15, 0.2) is 11.8 Å². The van der Waals surface area contributed by atoms with E-state index in [9.17, 15) is 9.59 Å². The summed E-state index contributed by atoms with van der Waals surface area (Å²) in [7, 11) is 1.58. The molecular formula is C25H25N3O5S. The first-order chi connectivity index (χ1) is 16.5. The monoisotopic (exact) mass is 479 g/mol. The van der Waals surface area contributed by atoms with Gasteiger partial charge >= 0.3 is 5.97 Å². The number of carbonyl (C=O) groups excluding carboxylic acids is 2. The van der Waals surface area contributed by atoms with E-state index in [1.807, 2.05) is 34.7 Å². The van der Waals surface area contributed by atoms with Crippen molar-refractivity contribution in [3.63, 3.8) is 0 Å². The van der Waals surface area contributed by atoms with Gasteiger partial charge in [-0.3, -0.25) is 4.79 Å². The van der Waals surface area contributed by atoms with Gasteiger partial charge in [-0.25, -0.2) is 9.79 Å². The maximum Gasteiger partial charge on any atom is 0.338 e. The minimum atomic E-state index is -0.487. The second-order valence-corrected chi connectivity index (χ2v) is 8.30.